The van der Waals surface area contributed by atoms with E-state index in [9.17, 15) is 0 Å². The number of benzene rings is 2. The predicted molar refractivity (Wildman–Crippen MR) is 102 cm³/mol. The van der Waals surface area contributed by atoms with Crippen LogP contribution in [0.2, 0.25) is 0 Å². The molecule has 0 aliphatic carbocycles. The van der Waals surface area contributed by atoms with Crippen LogP contribution in [0.1, 0.15) is 22.4 Å². The van der Waals surface area contributed by atoms with Crippen LogP contribution >= 0.6 is 0 Å². The van der Waals surface area contributed by atoms with Crippen molar-refractivity contribution in [1.82, 2.24) is 4.98 Å². The minimum Gasteiger partial charge on any atom is -0.497 e. The summed E-state index contributed by atoms with van der Waals surface area (Å²) in [7, 11) is 1.65. The lowest BCUT2D eigenvalue weighted by atomic mass is 10.1. The molecule has 0 aliphatic heterocycles. The van der Waals surface area contributed by atoms with E-state index in [1.807, 2.05) is 60.7 Å². The minimum absolute atomic E-state index is 0.431. The standard InChI is InChI=1S/C22H18N2O2/c1-25-20-5-2-4-19(14-20)16-26-22-6-3-13-24-21(22)12-11-17-7-9-18(15-23)10-8-17/h2-14H,16H2,1H3/b12-11+. The summed E-state index contributed by atoms with van der Waals surface area (Å²) in [4.78, 5) is 4.38. The van der Waals surface area contributed by atoms with E-state index >= 15 is 0 Å². The second-order valence-electron chi connectivity index (χ2n) is 5.59. The van der Waals surface area contributed by atoms with E-state index in [0.29, 0.717) is 17.9 Å². The molecule has 0 radical (unpaired) electrons. The lowest BCUT2D eigenvalue weighted by molar-refractivity contribution is 0.303. The van der Waals surface area contributed by atoms with E-state index in [4.69, 9.17) is 14.7 Å². The molecule has 0 bridgehead atoms. The second-order valence-corrected chi connectivity index (χ2v) is 5.59. The number of aromatic nitrogens is 1. The highest BCUT2D eigenvalue weighted by molar-refractivity contribution is 5.70. The summed E-state index contributed by atoms with van der Waals surface area (Å²) in [5, 5.41) is 8.86. The Hall–Kier alpha value is -3.58. The predicted octanol–water partition coefficient (Wildman–Crippen LogP) is 4.71. The molecular weight excluding hydrogens is 324 g/mol. The molecule has 3 rings (SSSR count). The fourth-order valence-corrected chi connectivity index (χ4v) is 2.42. The van der Waals surface area contributed by atoms with Gasteiger partial charge in [-0.2, -0.15) is 5.26 Å². The average molecular weight is 342 g/mol. The van der Waals surface area contributed by atoms with Gasteiger partial charge < -0.3 is 9.47 Å². The van der Waals surface area contributed by atoms with Gasteiger partial charge in [0.2, 0.25) is 0 Å². The largest absolute Gasteiger partial charge is 0.497 e. The third-order valence-electron chi connectivity index (χ3n) is 3.80. The van der Waals surface area contributed by atoms with Gasteiger partial charge >= 0.3 is 0 Å². The summed E-state index contributed by atoms with van der Waals surface area (Å²) in [5.41, 5.74) is 3.41. The number of ether oxygens (including phenoxy) is 2. The second kappa shape index (κ2) is 8.50. The number of nitrogens with zero attached hydrogens (tertiary/aromatic N) is 2. The Morgan fingerprint density at radius 1 is 1.04 bits per heavy atom. The molecule has 0 N–H and O–H groups in total. The molecule has 0 unspecified atom stereocenters. The van der Waals surface area contributed by atoms with Crippen molar-refractivity contribution in [1.29, 1.82) is 5.26 Å². The van der Waals surface area contributed by atoms with Crippen molar-refractivity contribution in [2.75, 3.05) is 7.11 Å². The molecular formula is C22H18N2O2. The maximum absolute atomic E-state index is 8.86. The Morgan fingerprint density at radius 2 is 1.88 bits per heavy atom. The normalized spacial score (nSPS) is 10.5. The molecule has 1 aromatic heterocycles. The molecule has 4 heteroatoms. The van der Waals surface area contributed by atoms with Gasteiger partial charge in [0.1, 0.15) is 23.8 Å². The third-order valence-corrected chi connectivity index (χ3v) is 3.80. The molecule has 26 heavy (non-hydrogen) atoms. The number of methoxy groups -OCH3 is 1. The summed E-state index contributed by atoms with van der Waals surface area (Å²) in [6.07, 6.45) is 5.58. The SMILES string of the molecule is COc1cccc(COc2cccnc2/C=C/c2ccc(C#N)cc2)c1. The molecule has 0 saturated carbocycles. The topological polar surface area (TPSA) is 55.1 Å². The first kappa shape index (κ1) is 17.2. The van der Waals surface area contributed by atoms with Crippen molar-refractivity contribution in [3.63, 3.8) is 0 Å². The van der Waals surface area contributed by atoms with Crippen molar-refractivity contribution in [2.24, 2.45) is 0 Å². The van der Waals surface area contributed by atoms with Crippen LogP contribution in [-0.2, 0) is 6.61 Å². The van der Waals surface area contributed by atoms with Crippen molar-refractivity contribution in [3.05, 3.63) is 89.2 Å². The molecule has 1 heterocycles. The summed E-state index contributed by atoms with van der Waals surface area (Å²) in [6.45, 7) is 0.431. The molecule has 3 aromatic rings. The lowest BCUT2D eigenvalue weighted by Crippen LogP contribution is -1.98. The zero-order chi connectivity index (χ0) is 18.2. The van der Waals surface area contributed by atoms with Gasteiger partial charge in [0.05, 0.1) is 18.7 Å². The highest BCUT2D eigenvalue weighted by Crippen LogP contribution is 2.21. The van der Waals surface area contributed by atoms with E-state index in [2.05, 4.69) is 11.1 Å². The van der Waals surface area contributed by atoms with E-state index in [-0.39, 0.29) is 0 Å². The van der Waals surface area contributed by atoms with Crippen molar-refractivity contribution in [2.45, 2.75) is 6.61 Å². The van der Waals surface area contributed by atoms with Gasteiger partial charge in [0.15, 0.2) is 0 Å². The van der Waals surface area contributed by atoms with Crippen molar-refractivity contribution < 1.29 is 9.47 Å². The number of rotatable bonds is 6. The van der Waals surface area contributed by atoms with Crippen LogP contribution < -0.4 is 9.47 Å². The molecule has 0 amide bonds. The monoisotopic (exact) mass is 342 g/mol. The first-order valence-corrected chi connectivity index (χ1v) is 8.17. The number of pyridine rings is 1. The molecule has 0 atom stereocenters. The first-order valence-electron chi connectivity index (χ1n) is 8.17. The van der Waals surface area contributed by atoms with Gasteiger partial charge in [-0.15, -0.1) is 0 Å². The molecule has 0 aliphatic rings. The van der Waals surface area contributed by atoms with E-state index in [0.717, 1.165) is 22.6 Å². The zero-order valence-electron chi connectivity index (χ0n) is 14.4. The van der Waals surface area contributed by atoms with E-state index in [1.165, 1.54) is 0 Å². The van der Waals surface area contributed by atoms with Crippen LogP contribution in [0.15, 0.2) is 66.9 Å². The van der Waals surface area contributed by atoms with E-state index in [1.54, 1.807) is 25.4 Å². The smallest absolute Gasteiger partial charge is 0.145 e. The van der Waals surface area contributed by atoms with Crippen LogP contribution in [-0.4, -0.2) is 12.1 Å². The summed E-state index contributed by atoms with van der Waals surface area (Å²) >= 11 is 0. The molecule has 128 valence electrons. The molecule has 0 spiro atoms. The summed E-state index contributed by atoms with van der Waals surface area (Å²) < 4.78 is 11.2. The third kappa shape index (κ3) is 4.49. The summed E-state index contributed by atoms with van der Waals surface area (Å²) in [5.74, 6) is 1.51. The van der Waals surface area contributed by atoms with Crippen LogP contribution in [0, 0.1) is 11.3 Å². The zero-order valence-corrected chi connectivity index (χ0v) is 14.4. The quantitative estimate of drug-likeness (QED) is 0.651. The Bertz CT molecular complexity index is 941. The average Bonchev–Trinajstić information content (AvgIpc) is 2.72. The first-order chi connectivity index (χ1) is 12.8. The van der Waals surface area contributed by atoms with Crippen molar-refractivity contribution in [3.8, 4) is 17.6 Å². The Kier molecular flexibility index (Phi) is 5.64. The molecule has 0 saturated heterocycles. The lowest BCUT2D eigenvalue weighted by Gasteiger charge is -2.09. The summed E-state index contributed by atoms with van der Waals surface area (Å²) in [6, 6.07) is 21.0. The fourth-order valence-electron chi connectivity index (χ4n) is 2.42. The van der Waals surface area contributed by atoms with Crippen LogP contribution in [0.5, 0.6) is 11.5 Å². The minimum atomic E-state index is 0.431. The van der Waals surface area contributed by atoms with Gasteiger partial charge in [-0.1, -0.05) is 30.3 Å². The Morgan fingerprint density at radius 3 is 2.65 bits per heavy atom. The Balaban J connectivity index is 1.73. The number of hydrogen-bond acceptors (Lipinski definition) is 4. The molecule has 2 aromatic carbocycles. The van der Waals surface area contributed by atoms with Gasteiger partial charge in [-0.3, -0.25) is 4.98 Å². The van der Waals surface area contributed by atoms with Gasteiger partial charge in [-0.25, -0.2) is 0 Å². The number of hydrogen-bond donors (Lipinski definition) is 0. The van der Waals surface area contributed by atoms with E-state index < -0.39 is 0 Å². The molecule has 4 nitrogen and oxygen atoms in total. The highest BCUT2D eigenvalue weighted by atomic mass is 16.5. The highest BCUT2D eigenvalue weighted by Gasteiger charge is 2.03. The maximum Gasteiger partial charge on any atom is 0.145 e. The van der Waals surface area contributed by atoms with Crippen LogP contribution in [0.4, 0.5) is 0 Å². The van der Waals surface area contributed by atoms with Crippen LogP contribution in [0.25, 0.3) is 12.2 Å². The van der Waals surface area contributed by atoms with Gasteiger partial charge in [-0.05, 0) is 53.6 Å². The van der Waals surface area contributed by atoms with Crippen LogP contribution in [0.3, 0.4) is 0 Å². The van der Waals surface area contributed by atoms with Gasteiger partial charge in [0, 0.05) is 6.20 Å². The van der Waals surface area contributed by atoms with Gasteiger partial charge in [0.25, 0.3) is 0 Å². The van der Waals surface area contributed by atoms with Crippen molar-refractivity contribution >= 4 is 12.2 Å². The Labute approximate surface area is 153 Å². The maximum atomic E-state index is 8.86. The molecule has 0 fully saturated rings. The fraction of sp³-hybridized carbons (Fsp3) is 0.0909. The number of nitriles is 1.